The fourth-order valence-corrected chi connectivity index (χ4v) is 4.69. The molecule has 5 heteroatoms. The number of ether oxygens (including phenoxy) is 1. The van der Waals surface area contributed by atoms with E-state index in [1.165, 1.54) is 11.1 Å². The number of rotatable bonds is 6. The standard InChI is InChI=1S/C26H28N2O3/c1-17-3-4-19(15-27)13-22(17)14-25(29)21-8-11-28(12-9-21)10-7-20-5-6-23-24(18(20)2)16-31-26(23)30/h3-6,13,21H,7-12,14,16H2,1-2H3. The highest BCUT2D eigenvalue weighted by Crippen LogP contribution is 2.27. The van der Waals surface area contributed by atoms with Gasteiger partial charge in [-0.15, -0.1) is 0 Å². The number of carbonyl (C=O) groups excluding carboxylic acids is 2. The summed E-state index contributed by atoms with van der Waals surface area (Å²) in [5.74, 6) is 0.175. The monoisotopic (exact) mass is 416 g/mol. The molecule has 0 N–H and O–H groups in total. The van der Waals surface area contributed by atoms with Crippen molar-refractivity contribution in [3.63, 3.8) is 0 Å². The van der Waals surface area contributed by atoms with Gasteiger partial charge >= 0.3 is 5.97 Å². The highest BCUT2D eigenvalue weighted by atomic mass is 16.5. The van der Waals surface area contributed by atoms with Crippen LogP contribution in [0.3, 0.4) is 0 Å². The Morgan fingerprint density at radius 1 is 1.16 bits per heavy atom. The van der Waals surface area contributed by atoms with E-state index in [-0.39, 0.29) is 17.7 Å². The Hall–Kier alpha value is -2.97. The second kappa shape index (κ2) is 9.03. The zero-order valence-electron chi connectivity index (χ0n) is 18.2. The predicted octanol–water partition coefficient (Wildman–Crippen LogP) is 3.91. The van der Waals surface area contributed by atoms with Crippen molar-refractivity contribution in [1.29, 1.82) is 5.26 Å². The van der Waals surface area contributed by atoms with Gasteiger partial charge in [0, 0.05) is 24.4 Å². The van der Waals surface area contributed by atoms with E-state index in [4.69, 9.17) is 10.00 Å². The number of nitriles is 1. The Morgan fingerprint density at radius 3 is 2.68 bits per heavy atom. The van der Waals surface area contributed by atoms with Gasteiger partial charge in [-0.1, -0.05) is 12.1 Å². The highest BCUT2D eigenvalue weighted by Gasteiger charge is 2.26. The molecule has 0 aromatic heterocycles. The number of carbonyl (C=O) groups is 2. The Labute approximate surface area is 183 Å². The first-order valence-corrected chi connectivity index (χ1v) is 11.0. The van der Waals surface area contributed by atoms with E-state index >= 15 is 0 Å². The lowest BCUT2D eigenvalue weighted by molar-refractivity contribution is -0.123. The summed E-state index contributed by atoms with van der Waals surface area (Å²) in [6, 6.07) is 11.7. The molecule has 1 fully saturated rings. The zero-order chi connectivity index (χ0) is 22.0. The fourth-order valence-electron chi connectivity index (χ4n) is 4.69. The van der Waals surface area contributed by atoms with Gasteiger partial charge in [0.1, 0.15) is 12.4 Å². The number of cyclic esters (lactones) is 1. The molecule has 0 unspecified atom stereocenters. The van der Waals surface area contributed by atoms with Crippen molar-refractivity contribution in [3.8, 4) is 6.07 Å². The average Bonchev–Trinajstić information content (AvgIpc) is 3.16. The van der Waals surface area contributed by atoms with Gasteiger partial charge in [-0.3, -0.25) is 4.79 Å². The van der Waals surface area contributed by atoms with E-state index in [9.17, 15) is 9.59 Å². The maximum Gasteiger partial charge on any atom is 0.338 e. The third-order valence-electron chi connectivity index (χ3n) is 6.86. The van der Waals surface area contributed by atoms with Gasteiger partial charge in [0.25, 0.3) is 0 Å². The summed E-state index contributed by atoms with van der Waals surface area (Å²) in [6.07, 6.45) is 3.13. The fraction of sp³-hybridized carbons (Fsp3) is 0.423. The van der Waals surface area contributed by atoms with Crippen molar-refractivity contribution in [2.45, 2.75) is 46.1 Å². The molecule has 160 valence electrons. The van der Waals surface area contributed by atoms with Gasteiger partial charge < -0.3 is 9.64 Å². The Kier molecular flexibility index (Phi) is 6.20. The number of piperidine rings is 1. The molecular weight excluding hydrogens is 388 g/mol. The van der Waals surface area contributed by atoms with E-state index in [1.54, 1.807) is 6.07 Å². The zero-order valence-corrected chi connectivity index (χ0v) is 18.2. The van der Waals surface area contributed by atoms with Crippen LogP contribution in [0.4, 0.5) is 0 Å². The van der Waals surface area contributed by atoms with E-state index in [2.05, 4.69) is 24.0 Å². The van der Waals surface area contributed by atoms with Crippen molar-refractivity contribution in [2.75, 3.05) is 19.6 Å². The lowest BCUT2D eigenvalue weighted by Crippen LogP contribution is -2.38. The van der Waals surface area contributed by atoms with E-state index in [0.717, 1.165) is 55.6 Å². The Bertz CT molecular complexity index is 1060. The molecule has 2 aromatic rings. The molecule has 0 aliphatic carbocycles. The van der Waals surface area contributed by atoms with Crippen LogP contribution in [0, 0.1) is 31.1 Å². The third kappa shape index (κ3) is 4.55. The summed E-state index contributed by atoms with van der Waals surface area (Å²) in [5, 5.41) is 9.11. The number of hydrogen-bond donors (Lipinski definition) is 0. The predicted molar refractivity (Wildman–Crippen MR) is 118 cm³/mol. The summed E-state index contributed by atoms with van der Waals surface area (Å²) in [4.78, 5) is 27.0. The number of likely N-dealkylation sites (tertiary alicyclic amines) is 1. The lowest BCUT2D eigenvalue weighted by Gasteiger charge is -2.31. The lowest BCUT2D eigenvalue weighted by atomic mass is 9.88. The maximum atomic E-state index is 12.8. The second-order valence-electron chi connectivity index (χ2n) is 8.71. The number of esters is 1. The number of hydrogen-bond acceptors (Lipinski definition) is 5. The molecule has 0 bridgehead atoms. The van der Waals surface area contributed by atoms with E-state index in [0.29, 0.717) is 24.2 Å². The van der Waals surface area contributed by atoms with Gasteiger partial charge in [0.05, 0.1) is 17.2 Å². The van der Waals surface area contributed by atoms with Crippen LogP contribution in [0.2, 0.25) is 0 Å². The van der Waals surface area contributed by atoms with Gasteiger partial charge in [-0.05, 0) is 86.7 Å². The Balaban J connectivity index is 1.29. The second-order valence-corrected chi connectivity index (χ2v) is 8.71. The van der Waals surface area contributed by atoms with Crippen LogP contribution in [0.15, 0.2) is 30.3 Å². The van der Waals surface area contributed by atoms with Crippen molar-refractivity contribution in [2.24, 2.45) is 5.92 Å². The minimum atomic E-state index is -0.217. The van der Waals surface area contributed by atoms with Crippen LogP contribution in [0.5, 0.6) is 0 Å². The molecule has 1 saturated heterocycles. The molecule has 5 nitrogen and oxygen atoms in total. The molecule has 2 aliphatic rings. The van der Waals surface area contributed by atoms with Crippen molar-refractivity contribution < 1.29 is 14.3 Å². The van der Waals surface area contributed by atoms with Crippen LogP contribution >= 0.6 is 0 Å². The molecule has 0 spiro atoms. The number of aryl methyl sites for hydroxylation is 1. The topological polar surface area (TPSA) is 70.4 Å². The molecule has 31 heavy (non-hydrogen) atoms. The van der Waals surface area contributed by atoms with E-state index in [1.807, 2.05) is 25.1 Å². The van der Waals surface area contributed by atoms with Crippen molar-refractivity contribution >= 4 is 11.8 Å². The average molecular weight is 417 g/mol. The van der Waals surface area contributed by atoms with Crippen LogP contribution in [0.1, 0.15) is 56.6 Å². The molecule has 2 heterocycles. The molecule has 2 aliphatic heterocycles. The molecule has 4 rings (SSSR count). The quantitative estimate of drug-likeness (QED) is 0.668. The minimum Gasteiger partial charge on any atom is -0.457 e. The van der Waals surface area contributed by atoms with E-state index < -0.39 is 0 Å². The number of nitrogens with zero attached hydrogens (tertiary/aromatic N) is 2. The number of fused-ring (bicyclic) bond motifs is 1. The molecule has 0 saturated carbocycles. The van der Waals surface area contributed by atoms with Crippen LogP contribution in [-0.4, -0.2) is 36.3 Å². The summed E-state index contributed by atoms with van der Waals surface area (Å²) in [5.41, 5.74) is 6.83. The summed E-state index contributed by atoms with van der Waals surface area (Å²) in [6.45, 7) is 7.27. The van der Waals surface area contributed by atoms with Crippen LogP contribution in [0.25, 0.3) is 0 Å². The maximum absolute atomic E-state index is 12.8. The van der Waals surface area contributed by atoms with Gasteiger partial charge in [-0.25, -0.2) is 4.79 Å². The molecule has 0 atom stereocenters. The Morgan fingerprint density at radius 2 is 1.94 bits per heavy atom. The minimum absolute atomic E-state index is 0.103. The first-order valence-electron chi connectivity index (χ1n) is 11.0. The molecule has 2 aromatic carbocycles. The highest BCUT2D eigenvalue weighted by molar-refractivity contribution is 5.93. The summed E-state index contributed by atoms with van der Waals surface area (Å²) >= 11 is 0. The molecular formula is C26H28N2O3. The smallest absolute Gasteiger partial charge is 0.338 e. The van der Waals surface area contributed by atoms with Gasteiger partial charge in [-0.2, -0.15) is 5.26 Å². The summed E-state index contributed by atoms with van der Waals surface area (Å²) in [7, 11) is 0. The van der Waals surface area contributed by atoms with Crippen molar-refractivity contribution in [3.05, 3.63) is 69.3 Å². The third-order valence-corrected chi connectivity index (χ3v) is 6.86. The molecule has 0 radical (unpaired) electrons. The normalized spacial score (nSPS) is 16.6. The first kappa shape index (κ1) is 21.3. The number of Topliss-reactive ketones (excluding diaryl/α,β-unsaturated/α-hetero) is 1. The summed E-state index contributed by atoms with van der Waals surface area (Å²) < 4.78 is 5.15. The van der Waals surface area contributed by atoms with Crippen LogP contribution < -0.4 is 0 Å². The largest absolute Gasteiger partial charge is 0.457 e. The SMILES string of the molecule is Cc1ccc(C#N)cc1CC(=O)C1CCN(CCc2ccc3c(c2C)COC3=O)CC1. The van der Waals surface area contributed by atoms with Crippen molar-refractivity contribution in [1.82, 2.24) is 4.90 Å². The first-order chi connectivity index (χ1) is 15.0. The molecule has 0 amide bonds. The van der Waals surface area contributed by atoms with Crippen LogP contribution in [-0.2, 0) is 29.0 Å². The van der Waals surface area contributed by atoms with Gasteiger partial charge in [0.2, 0.25) is 0 Å². The number of benzene rings is 2. The van der Waals surface area contributed by atoms with Gasteiger partial charge in [0.15, 0.2) is 0 Å². The number of ketones is 1.